The van der Waals surface area contributed by atoms with Crippen LogP contribution in [-0.4, -0.2) is 31.7 Å². The first-order valence-corrected chi connectivity index (χ1v) is 10.4. The van der Waals surface area contributed by atoms with Crippen LogP contribution in [-0.2, 0) is 14.8 Å². The summed E-state index contributed by atoms with van der Waals surface area (Å²) < 4.78 is 40.5. The van der Waals surface area contributed by atoms with Crippen LogP contribution >= 0.6 is 0 Å². The molecule has 1 saturated carbocycles. The van der Waals surface area contributed by atoms with Gasteiger partial charge in [0.05, 0.1) is 4.90 Å². The van der Waals surface area contributed by atoms with Gasteiger partial charge in [-0.05, 0) is 55.5 Å². The monoisotopic (exact) mass is 388 g/mol. The molecular weight excluding hydrogens is 367 g/mol. The molecule has 27 heavy (non-hydrogen) atoms. The molecule has 5 nitrogen and oxygen atoms in total. The molecule has 1 aliphatic carbocycles. The van der Waals surface area contributed by atoms with Gasteiger partial charge in [-0.1, -0.05) is 23.8 Å². The Bertz CT molecular complexity index is 991. The predicted octanol–water partition coefficient (Wildman–Crippen LogP) is 3.17. The van der Waals surface area contributed by atoms with Crippen molar-refractivity contribution >= 4 is 21.6 Å². The summed E-state index contributed by atoms with van der Waals surface area (Å²) in [5.74, 6) is -0.816. The third-order valence-corrected chi connectivity index (χ3v) is 7.47. The maximum Gasteiger partial charge on any atom is 0.243 e. The van der Waals surface area contributed by atoms with Crippen molar-refractivity contribution in [3.05, 3.63) is 59.9 Å². The Hall–Kier alpha value is -2.25. The summed E-state index contributed by atoms with van der Waals surface area (Å²) in [6, 6.07) is 12.6. The lowest BCUT2D eigenvalue weighted by Gasteiger charge is -2.17. The molecule has 142 valence electrons. The number of hydrogen-bond donors (Lipinski definition) is 1. The van der Waals surface area contributed by atoms with Gasteiger partial charge in [0.2, 0.25) is 15.9 Å². The number of nitrogens with one attached hydrogen (secondary N) is 1. The van der Waals surface area contributed by atoms with E-state index >= 15 is 0 Å². The van der Waals surface area contributed by atoms with Gasteiger partial charge in [-0.15, -0.1) is 0 Å². The number of halogens is 1. The molecular formula is C20H21FN2O3S. The first kappa shape index (κ1) is 18.1. The minimum atomic E-state index is -3.55. The topological polar surface area (TPSA) is 66.5 Å². The highest BCUT2D eigenvalue weighted by molar-refractivity contribution is 7.89. The van der Waals surface area contributed by atoms with E-state index in [2.05, 4.69) is 5.32 Å². The Morgan fingerprint density at radius 1 is 1.22 bits per heavy atom. The van der Waals surface area contributed by atoms with Gasteiger partial charge in [-0.3, -0.25) is 4.79 Å². The van der Waals surface area contributed by atoms with Crippen LogP contribution in [0, 0.1) is 24.1 Å². The minimum Gasteiger partial charge on any atom is -0.326 e. The SMILES string of the molecule is Cc1ccc(S(=O)(=O)N2CCC3(CC3C(=O)Nc3cccc(F)c3)C2)cc1. The minimum absolute atomic E-state index is 0.171. The molecule has 2 aromatic carbocycles. The lowest BCUT2D eigenvalue weighted by atomic mass is 10.0. The largest absolute Gasteiger partial charge is 0.326 e. The van der Waals surface area contributed by atoms with E-state index in [-0.39, 0.29) is 22.1 Å². The molecule has 0 bridgehead atoms. The van der Waals surface area contributed by atoms with Crippen LogP contribution in [0.2, 0.25) is 0 Å². The fourth-order valence-corrected chi connectivity index (χ4v) is 5.42. The van der Waals surface area contributed by atoms with E-state index in [0.29, 0.717) is 31.6 Å². The lowest BCUT2D eigenvalue weighted by Crippen LogP contribution is -2.30. The van der Waals surface area contributed by atoms with Gasteiger partial charge in [-0.25, -0.2) is 12.8 Å². The smallest absolute Gasteiger partial charge is 0.243 e. The molecule has 2 fully saturated rings. The molecule has 2 aliphatic rings. The molecule has 0 radical (unpaired) electrons. The van der Waals surface area contributed by atoms with Crippen molar-refractivity contribution in [2.75, 3.05) is 18.4 Å². The van der Waals surface area contributed by atoms with Gasteiger partial charge in [0.15, 0.2) is 0 Å². The number of rotatable bonds is 4. The van der Waals surface area contributed by atoms with Gasteiger partial charge in [-0.2, -0.15) is 4.31 Å². The molecule has 7 heteroatoms. The van der Waals surface area contributed by atoms with E-state index in [1.165, 1.54) is 16.4 Å². The molecule has 2 unspecified atom stereocenters. The van der Waals surface area contributed by atoms with Crippen LogP contribution < -0.4 is 5.32 Å². The average Bonchev–Trinajstić information content (AvgIpc) is 3.14. The standard InChI is InChI=1S/C20H21FN2O3S/c1-14-5-7-17(8-6-14)27(25,26)23-10-9-20(13-23)12-18(20)19(24)22-16-4-2-3-15(21)11-16/h2-8,11,18H,9-10,12-13H2,1H3,(H,22,24). The van der Waals surface area contributed by atoms with Gasteiger partial charge >= 0.3 is 0 Å². The Morgan fingerprint density at radius 3 is 2.67 bits per heavy atom. The Kier molecular flexibility index (Phi) is 4.31. The third kappa shape index (κ3) is 3.37. The fourth-order valence-electron chi connectivity index (χ4n) is 3.89. The number of carbonyl (C=O) groups excluding carboxylic acids is 1. The number of benzene rings is 2. The summed E-state index contributed by atoms with van der Waals surface area (Å²) in [7, 11) is -3.55. The molecule has 0 aromatic heterocycles. The zero-order valence-electron chi connectivity index (χ0n) is 15.0. The number of nitrogens with zero attached hydrogens (tertiary/aromatic N) is 1. The summed E-state index contributed by atoms with van der Waals surface area (Å²) in [6.07, 6.45) is 1.33. The van der Waals surface area contributed by atoms with Crippen molar-refractivity contribution in [1.29, 1.82) is 0 Å². The first-order valence-electron chi connectivity index (χ1n) is 8.93. The quantitative estimate of drug-likeness (QED) is 0.875. The maximum atomic E-state index is 13.3. The fraction of sp³-hybridized carbons (Fsp3) is 0.350. The highest BCUT2D eigenvalue weighted by Gasteiger charge is 2.62. The second kappa shape index (κ2) is 6.42. The van der Waals surface area contributed by atoms with Crippen molar-refractivity contribution < 1.29 is 17.6 Å². The van der Waals surface area contributed by atoms with E-state index in [9.17, 15) is 17.6 Å². The van der Waals surface area contributed by atoms with Crippen molar-refractivity contribution in [2.24, 2.45) is 11.3 Å². The van der Waals surface area contributed by atoms with Gasteiger partial charge in [0, 0.05) is 24.7 Å². The van der Waals surface area contributed by atoms with Crippen LogP contribution in [0.15, 0.2) is 53.4 Å². The molecule has 4 rings (SSSR count). The highest BCUT2D eigenvalue weighted by atomic mass is 32.2. The van der Waals surface area contributed by atoms with Crippen LogP contribution in [0.5, 0.6) is 0 Å². The van der Waals surface area contributed by atoms with E-state index < -0.39 is 15.8 Å². The van der Waals surface area contributed by atoms with Crippen molar-refractivity contribution in [3.63, 3.8) is 0 Å². The molecule has 1 spiro atoms. The van der Waals surface area contributed by atoms with Crippen LogP contribution in [0.3, 0.4) is 0 Å². The van der Waals surface area contributed by atoms with Crippen molar-refractivity contribution in [3.8, 4) is 0 Å². The molecule has 1 saturated heterocycles. The maximum absolute atomic E-state index is 13.3. The number of aryl methyl sites for hydroxylation is 1. The molecule has 1 amide bonds. The van der Waals surface area contributed by atoms with E-state index in [1.807, 2.05) is 6.92 Å². The summed E-state index contributed by atoms with van der Waals surface area (Å²) in [4.78, 5) is 12.8. The zero-order valence-corrected chi connectivity index (χ0v) is 15.8. The Morgan fingerprint density at radius 2 is 1.96 bits per heavy atom. The molecule has 1 N–H and O–H groups in total. The van der Waals surface area contributed by atoms with E-state index in [1.54, 1.807) is 36.4 Å². The van der Waals surface area contributed by atoms with E-state index in [0.717, 1.165) is 5.56 Å². The second-order valence-electron chi connectivity index (χ2n) is 7.52. The van der Waals surface area contributed by atoms with Crippen molar-refractivity contribution in [1.82, 2.24) is 4.31 Å². The number of amides is 1. The first-order chi connectivity index (χ1) is 12.8. The van der Waals surface area contributed by atoms with Gasteiger partial charge in [0.25, 0.3) is 0 Å². The predicted molar refractivity (Wildman–Crippen MR) is 100 cm³/mol. The summed E-state index contributed by atoms with van der Waals surface area (Å²) in [6.45, 7) is 2.68. The molecule has 2 aromatic rings. The molecule has 1 aliphatic heterocycles. The number of sulfonamides is 1. The van der Waals surface area contributed by atoms with Crippen LogP contribution in [0.1, 0.15) is 18.4 Å². The van der Waals surface area contributed by atoms with Gasteiger partial charge < -0.3 is 5.32 Å². The Labute approximate surface area is 158 Å². The number of anilines is 1. The number of hydrogen-bond acceptors (Lipinski definition) is 3. The summed E-state index contributed by atoms with van der Waals surface area (Å²) in [5.41, 5.74) is 1.13. The second-order valence-corrected chi connectivity index (χ2v) is 9.46. The number of carbonyl (C=O) groups is 1. The van der Waals surface area contributed by atoms with Gasteiger partial charge in [0.1, 0.15) is 5.82 Å². The van der Waals surface area contributed by atoms with Crippen LogP contribution in [0.25, 0.3) is 0 Å². The molecule has 1 heterocycles. The zero-order chi connectivity index (χ0) is 19.2. The summed E-state index contributed by atoms with van der Waals surface area (Å²) >= 11 is 0. The highest BCUT2D eigenvalue weighted by Crippen LogP contribution is 2.59. The average molecular weight is 388 g/mol. The molecule has 2 atom stereocenters. The Balaban J connectivity index is 1.44. The van der Waals surface area contributed by atoms with E-state index in [4.69, 9.17) is 0 Å². The lowest BCUT2D eigenvalue weighted by molar-refractivity contribution is -0.118. The third-order valence-electron chi connectivity index (χ3n) is 5.61. The van der Waals surface area contributed by atoms with Crippen LogP contribution in [0.4, 0.5) is 10.1 Å². The normalized spacial score (nSPS) is 24.9. The summed E-state index contributed by atoms with van der Waals surface area (Å²) in [5, 5.41) is 2.74. The van der Waals surface area contributed by atoms with Crippen molar-refractivity contribution in [2.45, 2.75) is 24.7 Å².